The van der Waals surface area contributed by atoms with E-state index < -0.39 is 17.9 Å². The van der Waals surface area contributed by atoms with Crippen LogP contribution in [0.3, 0.4) is 0 Å². The van der Waals surface area contributed by atoms with Gasteiger partial charge in [0.05, 0.1) is 29.4 Å². The number of hydrogen-bond acceptors (Lipinski definition) is 5. The van der Waals surface area contributed by atoms with E-state index in [0.29, 0.717) is 23.5 Å². The van der Waals surface area contributed by atoms with Crippen molar-refractivity contribution in [2.75, 3.05) is 6.61 Å². The Morgan fingerprint density at radius 1 is 0.545 bits per heavy atom. The molecule has 0 amide bonds. The molecule has 0 aliphatic rings. The molecule has 0 saturated carbocycles. The SMILES string of the molecule is CC(C)Oc1ccc(C(=O)O)cc1.CCCCCCCCCCCCOc1ccc(C(=O)O)cc1.O=C(O)c1ccccc1. The number of unbranched alkanes of at least 4 members (excludes halogenated alkanes) is 9. The molecule has 0 fully saturated rings. The van der Waals surface area contributed by atoms with Crippen LogP contribution in [0.2, 0.25) is 0 Å². The van der Waals surface area contributed by atoms with E-state index >= 15 is 0 Å². The number of carboxylic acid groups (broad SMARTS) is 3. The van der Waals surface area contributed by atoms with Gasteiger partial charge in [-0.15, -0.1) is 0 Å². The molecule has 0 spiro atoms. The van der Waals surface area contributed by atoms with E-state index in [0.717, 1.165) is 12.2 Å². The fourth-order valence-electron chi connectivity index (χ4n) is 4.00. The molecular formula is C36H48O8. The van der Waals surface area contributed by atoms with Crippen molar-refractivity contribution in [3.8, 4) is 11.5 Å². The Balaban J connectivity index is 0.000000369. The van der Waals surface area contributed by atoms with Crippen molar-refractivity contribution in [2.24, 2.45) is 0 Å². The highest BCUT2D eigenvalue weighted by Crippen LogP contribution is 2.15. The van der Waals surface area contributed by atoms with Gasteiger partial charge >= 0.3 is 17.9 Å². The molecule has 3 aromatic rings. The zero-order chi connectivity index (χ0) is 32.6. The van der Waals surface area contributed by atoms with Crippen LogP contribution in [0.25, 0.3) is 0 Å². The van der Waals surface area contributed by atoms with Crippen molar-refractivity contribution >= 4 is 17.9 Å². The second-order valence-electron chi connectivity index (χ2n) is 10.5. The molecule has 0 atom stereocenters. The van der Waals surface area contributed by atoms with E-state index in [1.165, 1.54) is 69.9 Å². The Morgan fingerprint density at radius 2 is 0.932 bits per heavy atom. The average molecular weight is 609 g/mol. The maximum absolute atomic E-state index is 10.7. The fourth-order valence-corrected chi connectivity index (χ4v) is 4.00. The second kappa shape index (κ2) is 23.2. The van der Waals surface area contributed by atoms with Gasteiger partial charge < -0.3 is 24.8 Å². The third-order valence-corrected chi connectivity index (χ3v) is 6.36. The molecule has 8 heteroatoms. The molecule has 3 rings (SSSR count). The minimum Gasteiger partial charge on any atom is -0.494 e. The first-order valence-corrected chi connectivity index (χ1v) is 15.4. The van der Waals surface area contributed by atoms with Crippen molar-refractivity contribution in [1.29, 1.82) is 0 Å². The fraction of sp³-hybridized carbons (Fsp3) is 0.417. The maximum Gasteiger partial charge on any atom is 0.335 e. The molecule has 0 aromatic heterocycles. The lowest BCUT2D eigenvalue weighted by Crippen LogP contribution is -2.05. The van der Waals surface area contributed by atoms with E-state index in [1.807, 2.05) is 13.8 Å². The lowest BCUT2D eigenvalue weighted by atomic mass is 10.1. The van der Waals surface area contributed by atoms with Crippen LogP contribution in [-0.4, -0.2) is 45.9 Å². The van der Waals surface area contributed by atoms with Gasteiger partial charge in [-0.1, -0.05) is 82.9 Å². The molecule has 0 heterocycles. The molecule has 0 unspecified atom stereocenters. The van der Waals surface area contributed by atoms with E-state index in [1.54, 1.807) is 66.7 Å². The van der Waals surface area contributed by atoms with Gasteiger partial charge in [-0.3, -0.25) is 0 Å². The van der Waals surface area contributed by atoms with Gasteiger partial charge in [0, 0.05) is 0 Å². The zero-order valence-electron chi connectivity index (χ0n) is 26.2. The van der Waals surface area contributed by atoms with E-state index in [4.69, 9.17) is 24.8 Å². The van der Waals surface area contributed by atoms with Crippen molar-refractivity contribution in [2.45, 2.75) is 91.1 Å². The quantitative estimate of drug-likeness (QED) is 0.129. The molecule has 0 aliphatic heterocycles. The number of benzene rings is 3. The van der Waals surface area contributed by atoms with Crippen LogP contribution >= 0.6 is 0 Å². The predicted octanol–water partition coefficient (Wildman–Crippen LogP) is 9.24. The zero-order valence-corrected chi connectivity index (χ0v) is 26.2. The van der Waals surface area contributed by atoms with Crippen LogP contribution in [0.4, 0.5) is 0 Å². The highest BCUT2D eigenvalue weighted by molar-refractivity contribution is 5.88. The number of ether oxygens (including phenoxy) is 2. The highest BCUT2D eigenvalue weighted by Gasteiger charge is 2.03. The van der Waals surface area contributed by atoms with E-state index in [2.05, 4.69) is 6.92 Å². The summed E-state index contributed by atoms with van der Waals surface area (Å²) in [7, 11) is 0. The molecule has 240 valence electrons. The Kier molecular flexibility index (Phi) is 19.8. The third kappa shape index (κ3) is 18.3. The molecule has 3 aromatic carbocycles. The number of aromatic carboxylic acids is 3. The Labute approximate surface area is 261 Å². The lowest BCUT2D eigenvalue weighted by molar-refractivity contribution is 0.0686. The van der Waals surface area contributed by atoms with Crippen LogP contribution in [0.1, 0.15) is 116 Å². The van der Waals surface area contributed by atoms with Gasteiger partial charge in [0.1, 0.15) is 11.5 Å². The van der Waals surface area contributed by atoms with Crippen LogP contribution in [0.15, 0.2) is 78.9 Å². The van der Waals surface area contributed by atoms with Gasteiger partial charge in [-0.25, -0.2) is 14.4 Å². The molecule has 0 radical (unpaired) electrons. The van der Waals surface area contributed by atoms with Crippen molar-refractivity contribution in [3.63, 3.8) is 0 Å². The maximum atomic E-state index is 10.7. The van der Waals surface area contributed by atoms with Crippen molar-refractivity contribution in [1.82, 2.24) is 0 Å². The van der Waals surface area contributed by atoms with Crippen LogP contribution in [-0.2, 0) is 0 Å². The first-order valence-electron chi connectivity index (χ1n) is 15.4. The summed E-state index contributed by atoms with van der Waals surface area (Å²) in [6.45, 7) is 6.81. The summed E-state index contributed by atoms with van der Waals surface area (Å²) in [6.07, 6.45) is 13.2. The summed E-state index contributed by atoms with van der Waals surface area (Å²) in [5, 5.41) is 25.8. The number of rotatable bonds is 17. The summed E-state index contributed by atoms with van der Waals surface area (Å²) in [5.41, 5.74) is 0.903. The highest BCUT2D eigenvalue weighted by atomic mass is 16.5. The first kappa shape index (κ1) is 37.7. The third-order valence-electron chi connectivity index (χ3n) is 6.36. The van der Waals surface area contributed by atoms with Gasteiger partial charge in [-0.05, 0) is 80.9 Å². The van der Waals surface area contributed by atoms with Crippen molar-refractivity contribution in [3.05, 3.63) is 95.6 Å². The average Bonchev–Trinajstić information content (AvgIpc) is 3.01. The van der Waals surface area contributed by atoms with Crippen LogP contribution in [0.5, 0.6) is 11.5 Å². The van der Waals surface area contributed by atoms with E-state index in [9.17, 15) is 14.4 Å². The summed E-state index contributed by atoms with van der Waals surface area (Å²) < 4.78 is 11.0. The normalized spacial score (nSPS) is 10.1. The van der Waals surface area contributed by atoms with Gasteiger partial charge in [0.25, 0.3) is 0 Å². The molecular weight excluding hydrogens is 560 g/mol. The molecule has 8 nitrogen and oxygen atoms in total. The standard InChI is InChI=1S/C19H30O3.C10H12O3.C7H6O2/c1-2-3-4-5-6-7-8-9-10-11-16-22-18-14-12-17(13-15-18)19(20)21;1-7(2)13-9-5-3-8(4-6-9)10(11)12;8-7(9)6-4-2-1-3-5-6/h12-15H,2-11,16H2,1H3,(H,20,21);3-7H,1-2H3,(H,11,12);1-5H,(H,8,9). The summed E-state index contributed by atoms with van der Waals surface area (Å²) in [5.74, 6) is -1.26. The Bertz CT molecular complexity index is 1190. The topological polar surface area (TPSA) is 130 Å². The largest absolute Gasteiger partial charge is 0.494 e. The van der Waals surface area contributed by atoms with Gasteiger partial charge in [-0.2, -0.15) is 0 Å². The van der Waals surface area contributed by atoms with Gasteiger partial charge in [0.15, 0.2) is 0 Å². The smallest absolute Gasteiger partial charge is 0.335 e. The predicted molar refractivity (Wildman–Crippen MR) is 173 cm³/mol. The number of carboxylic acids is 3. The van der Waals surface area contributed by atoms with Gasteiger partial charge in [0.2, 0.25) is 0 Å². The molecule has 3 N–H and O–H groups in total. The molecule has 44 heavy (non-hydrogen) atoms. The van der Waals surface area contributed by atoms with E-state index in [-0.39, 0.29) is 11.7 Å². The molecule has 0 aliphatic carbocycles. The second-order valence-corrected chi connectivity index (χ2v) is 10.5. The summed E-state index contributed by atoms with van der Waals surface area (Å²) in [4.78, 5) is 31.4. The number of hydrogen-bond donors (Lipinski definition) is 3. The monoisotopic (exact) mass is 608 g/mol. The Morgan fingerprint density at radius 3 is 1.32 bits per heavy atom. The first-order chi connectivity index (χ1) is 21.1. The minimum absolute atomic E-state index is 0.107. The van der Waals surface area contributed by atoms with Crippen LogP contribution in [0, 0.1) is 0 Å². The Hall–Kier alpha value is -4.33. The summed E-state index contributed by atoms with van der Waals surface area (Å²) in [6, 6.07) is 21.3. The van der Waals surface area contributed by atoms with Crippen LogP contribution < -0.4 is 9.47 Å². The molecule has 0 bridgehead atoms. The summed E-state index contributed by atoms with van der Waals surface area (Å²) >= 11 is 0. The lowest BCUT2D eigenvalue weighted by Gasteiger charge is -2.08. The minimum atomic E-state index is -0.920. The number of carbonyl (C=O) groups is 3. The van der Waals surface area contributed by atoms with Crippen molar-refractivity contribution < 1.29 is 39.2 Å². The molecule has 0 saturated heterocycles.